The summed E-state index contributed by atoms with van der Waals surface area (Å²) in [5, 5.41) is 0. The molecular weight excluding hydrogens is 312 g/mol. The van der Waals surface area contributed by atoms with Crippen molar-refractivity contribution in [3.05, 3.63) is 36.4 Å². The Morgan fingerprint density at radius 3 is 1.62 bits per heavy atom. The molecule has 2 aromatic carbocycles. The molecule has 2 aromatic rings. The van der Waals surface area contributed by atoms with Crippen LogP contribution < -0.4 is 28.4 Å². The summed E-state index contributed by atoms with van der Waals surface area (Å²) < 4.78 is 32.1. The Hall–Kier alpha value is -3.20. The van der Waals surface area contributed by atoms with Gasteiger partial charge in [0.2, 0.25) is 13.6 Å². The Morgan fingerprint density at radius 1 is 0.667 bits per heavy atom. The molecule has 0 unspecified atom stereocenters. The van der Waals surface area contributed by atoms with Crippen LogP contribution in [0.25, 0.3) is 0 Å². The molecule has 2 heterocycles. The smallest absolute Gasteiger partial charge is 0.231 e. The average molecular weight is 326 g/mol. The van der Waals surface area contributed by atoms with E-state index in [4.69, 9.17) is 28.4 Å². The molecule has 24 heavy (non-hydrogen) atoms. The second-order valence-electron chi connectivity index (χ2n) is 4.96. The van der Waals surface area contributed by atoms with E-state index in [0.29, 0.717) is 23.0 Å². The van der Waals surface area contributed by atoms with E-state index in [1.807, 2.05) is 24.3 Å². The van der Waals surface area contributed by atoms with Crippen molar-refractivity contribution in [3.8, 4) is 46.3 Å². The first-order chi connectivity index (χ1) is 11.9. The van der Waals surface area contributed by atoms with Crippen molar-refractivity contribution in [1.29, 1.82) is 0 Å². The van der Waals surface area contributed by atoms with E-state index >= 15 is 0 Å². The van der Waals surface area contributed by atoms with Crippen molar-refractivity contribution in [2.75, 3.05) is 26.8 Å². The van der Waals surface area contributed by atoms with Crippen molar-refractivity contribution < 1.29 is 28.4 Å². The molecule has 0 aliphatic carbocycles. The lowest BCUT2D eigenvalue weighted by molar-refractivity contribution is 0.173. The minimum Gasteiger partial charge on any atom is -0.481 e. The largest absolute Gasteiger partial charge is 0.481 e. The van der Waals surface area contributed by atoms with Crippen LogP contribution in [0.3, 0.4) is 0 Å². The Kier molecular flexibility index (Phi) is 3.90. The molecule has 2 aliphatic heterocycles. The highest BCUT2D eigenvalue weighted by Crippen LogP contribution is 2.35. The van der Waals surface area contributed by atoms with Crippen LogP contribution in [0.4, 0.5) is 0 Å². The van der Waals surface area contributed by atoms with Crippen LogP contribution in [0.2, 0.25) is 0 Å². The lowest BCUT2D eigenvalue weighted by Crippen LogP contribution is -1.97. The van der Waals surface area contributed by atoms with Gasteiger partial charge in [0, 0.05) is 12.1 Å². The van der Waals surface area contributed by atoms with Crippen LogP contribution in [0.5, 0.6) is 34.5 Å². The van der Waals surface area contributed by atoms with Crippen LogP contribution in [0.1, 0.15) is 0 Å². The number of hydrogen-bond acceptors (Lipinski definition) is 6. The first-order valence-electron chi connectivity index (χ1n) is 7.39. The SMILES string of the molecule is C(#CCOc1ccc2c(c1)OCO2)COc1ccc2c(c1)OCO2. The average Bonchev–Trinajstić information content (AvgIpc) is 3.25. The molecule has 0 atom stereocenters. The fourth-order valence-electron chi connectivity index (χ4n) is 2.27. The standard InChI is InChI=1S/C18H14O6/c1(7-19-13-3-5-15-17(9-13)23-11-21-15)2-8-20-14-4-6-16-18(10-14)24-12-22-16/h3-6,9-10H,7-8,11-12H2. The first-order valence-corrected chi connectivity index (χ1v) is 7.39. The van der Waals surface area contributed by atoms with Gasteiger partial charge in [0.25, 0.3) is 0 Å². The van der Waals surface area contributed by atoms with E-state index in [1.165, 1.54) is 0 Å². The summed E-state index contributed by atoms with van der Waals surface area (Å²) in [5.41, 5.74) is 0. The molecule has 6 heteroatoms. The maximum atomic E-state index is 5.54. The Morgan fingerprint density at radius 2 is 1.12 bits per heavy atom. The van der Waals surface area contributed by atoms with Crippen molar-refractivity contribution >= 4 is 0 Å². The Bertz CT molecular complexity index is 739. The van der Waals surface area contributed by atoms with Crippen LogP contribution in [-0.2, 0) is 0 Å². The minimum atomic E-state index is 0.246. The maximum Gasteiger partial charge on any atom is 0.231 e. The molecular formula is C18H14O6. The number of hydrogen-bond donors (Lipinski definition) is 0. The summed E-state index contributed by atoms with van der Waals surface area (Å²) >= 11 is 0. The minimum absolute atomic E-state index is 0.246. The number of fused-ring (bicyclic) bond motifs is 2. The highest BCUT2D eigenvalue weighted by molar-refractivity contribution is 5.47. The summed E-state index contributed by atoms with van der Waals surface area (Å²) in [4.78, 5) is 0. The monoisotopic (exact) mass is 326 g/mol. The fraction of sp³-hybridized carbons (Fsp3) is 0.222. The fourth-order valence-corrected chi connectivity index (χ4v) is 2.27. The first kappa shape index (κ1) is 14.4. The molecule has 0 amide bonds. The molecule has 0 saturated heterocycles. The third-order valence-corrected chi connectivity index (χ3v) is 3.44. The van der Waals surface area contributed by atoms with Gasteiger partial charge in [-0.2, -0.15) is 0 Å². The summed E-state index contributed by atoms with van der Waals surface area (Å²) in [7, 11) is 0. The van der Waals surface area contributed by atoms with Gasteiger partial charge in [0.1, 0.15) is 24.7 Å². The van der Waals surface area contributed by atoms with Gasteiger partial charge in [-0.3, -0.25) is 0 Å². The summed E-state index contributed by atoms with van der Waals surface area (Å²) in [6.45, 7) is 1.03. The van der Waals surface area contributed by atoms with Gasteiger partial charge in [-0.25, -0.2) is 0 Å². The quantitative estimate of drug-likeness (QED) is 0.805. The van der Waals surface area contributed by atoms with Crippen LogP contribution in [-0.4, -0.2) is 26.8 Å². The van der Waals surface area contributed by atoms with E-state index in [9.17, 15) is 0 Å². The molecule has 6 nitrogen and oxygen atoms in total. The molecule has 2 aliphatic rings. The van der Waals surface area contributed by atoms with Crippen LogP contribution in [0.15, 0.2) is 36.4 Å². The third kappa shape index (κ3) is 3.10. The van der Waals surface area contributed by atoms with E-state index in [1.54, 1.807) is 12.1 Å². The van der Waals surface area contributed by atoms with Crippen molar-refractivity contribution in [2.24, 2.45) is 0 Å². The third-order valence-electron chi connectivity index (χ3n) is 3.44. The van der Waals surface area contributed by atoms with E-state index in [2.05, 4.69) is 11.8 Å². The van der Waals surface area contributed by atoms with Crippen molar-refractivity contribution in [1.82, 2.24) is 0 Å². The zero-order valence-electron chi connectivity index (χ0n) is 12.7. The number of ether oxygens (including phenoxy) is 6. The maximum absolute atomic E-state index is 5.54. The van der Waals surface area contributed by atoms with Gasteiger partial charge in [0.15, 0.2) is 23.0 Å². The highest BCUT2D eigenvalue weighted by Gasteiger charge is 2.14. The summed E-state index contributed by atoms with van der Waals surface area (Å²) in [6.07, 6.45) is 0. The molecule has 0 radical (unpaired) electrons. The van der Waals surface area contributed by atoms with Gasteiger partial charge < -0.3 is 28.4 Å². The predicted octanol–water partition coefficient (Wildman–Crippen LogP) is 2.61. The van der Waals surface area contributed by atoms with E-state index < -0.39 is 0 Å². The lowest BCUT2D eigenvalue weighted by Gasteiger charge is -2.03. The molecule has 0 N–H and O–H groups in total. The lowest BCUT2D eigenvalue weighted by atomic mass is 10.3. The molecule has 0 spiro atoms. The highest BCUT2D eigenvalue weighted by atomic mass is 16.7. The van der Waals surface area contributed by atoms with Crippen molar-refractivity contribution in [3.63, 3.8) is 0 Å². The zero-order valence-corrected chi connectivity index (χ0v) is 12.7. The van der Waals surface area contributed by atoms with Gasteiger partial charge in [0.05, 0.1) is 0 Å². The summed E-state index contributed by atoms with van der Waals surface area (Å²) in [6, 6.07) is 10.8. The molecule has 0 aromatic heterocycles. The van der Waals surface area contributed by atoms with Gasteiger partial charge in [-0.1, -0.05) is 11.8 Å². The topological polar surface area (TPSA) is 55.4 Å². The normalized spacial score (nSPS) is 13.2. The van der Waals surface area contributed by atoms with E-state index in [0.717, 1.165) is 11.5 Å². The molecule has 0 bridgehead atoms. The molecule has 0 fully saturated rings. The second-order valence-corrected chi connectivity index (χ2v) is 4.96. The molecule has 4 rings (SSSR count). The molecule has 122 valence electrons. The van der Waals surface area contributed by atoms with Gasteiger partial charge >= 0.3 is 0 Å². The number of benzene rings is 2. The zero-order chi connectivity index (χ0) is 16.2. The second kappa shape index (κ2) is 6.50. The predicted molar refractivity (Wildman–Crippen MR) is 83.9 cm³/mol. The Labute approximate surface area is 138 Å². The Balaban J connectivity index is 1.24. The number of rotatable bonds is 4. The van der Waals surface area contributed by atoms with Gasteiger partial charge in [-0.05, 0) is 24.3 Å². The van der Waals surface area contributed by atoms with Crippen LogP contribution in [0, 0.1) is 11.8 Å². The molecule has 0 saturated carbocycles. The summed E-state index contributed by atoms with van der Waals surface area (Å²) in [5.74, 6) is 10.00. The van der Waals surface area contributed by atoms with Crippen molar-refractivity contribution in [2.45, 2.75) is 0 Å². The van der Waals surface area contributed by atoms with Crippen LogP contribution >= 0.6 is 0 Å². The van der Waals surface area contributed by atoms with Gasteiger partial charge in [-0.15, -0.1) is 0 Å². The van der Waals surface area contributed by atoms with E-state index in [-0.39, 0.29) is 26.8 Å².